The third-order valence-electron chi connectivity index (χ3n) is 3.99. The molecule has 2 heterocycles. The molecule has 0 aliphatic rings. The van der Waals surface area contributed by atoms with Gasteiger partial charge in [-0.3, -0.25) is 14.3 Å². The van der Waals surface area contributed by atoms with Crippen molar-refractivity contribution in [1.82, 2.24) is 14.5 Å². The molecule has 0 bridgehead atoms. The van der Waals surface area contributed by atoms with Crippen molar-refractivity contribution in [2.45, 2.75) is 6.61 Å². The Labute approximate surface area is 168 Å². The molecular weight excluding hydrogens is 378 g/mol. The Kier molecular flexibility index (Phi) is 6.68. The predicted molar refractivity (Wildman–Crippen MR) is 110 cm³/mol. The molecule has 0 saturated carbocycles. The zero-order valence-electron chi connectivity index (χ0n) is 15.8. The maximum absolute atomic E-state index is 12.4. The van der Waals surface area contributed by atoms with Crippen LogP contribution in [-0.4, -0.2) is 41.7 Å². The quantitative estimate of drug-likeness (QED) is 0.581. The van der Waals surface area contributed by atoms with Crippen LogP contribution in [0.25, 0.3) is 5.69 Å². The fourth-order valence-corrected chi connectivity index (χ4v) is 2.57. The molecule has 0 atom stereocenters. The molecule has 28 heavy (non-hydrogen) atoms. The third-order valence-corrected chi connectivity index (χ3v) is 4.21. The number of nitrogens with zero attached hydrogens (tertiary/aromatic N) is 3. The first-order valence-corrected chi connectivity index (χ1v) is 9.23. The summed E-state index contributed by atoms with van der Waals surface area (Å²) in [5.41, 5.74) is 1.32. The molecule has 0 spiro atoms. The van der Waals surface area contributed by atoms with E-state index in [-0.39, 0.29) is 12.2 Å². The summed E-state index contributed by atoms with van der Waals surface area (Å²) in [6.07, 6.45) is 3.25. The first-order valence-electron chi connectivity index (χ1n) is 8.85. The van der Waals surface area contributed by atoms with E-state index >= 15 is 0 Å². The lowest BCUT2D eigenvalue weighted by Gasteiger charge is -2.12. The van der Waals surface area contributed by atoms with Gasteiger partial charge in [0.25, 0.3) is 5.56 Å². The highest BCUT2D eigenvalue weighted by Gasteiger charge is 2.04. The molecule has 3 rings (SSSR count). The first-order chi connectivity index (χ1) is 13.5. The summed E-state index contributed by atoms with van der Waals surface area (Å²) < 4.78 is 12.9. The Morgan fingerprint density at radius 3 is 2.46 bits per heavy atom. The lowest BCUT2D eigenvalue weighted by atomic mass is 10.3. The van der Waals surface area contributed by atoms with Crippen molar-refractivity contribution in [2.24, 2.45) is 0 Å². The van der Waals surface area contributed by atoms with Gasteiger partial charge in [-0.2, -0.15) is 0 Å². The summed E-state index contributed by atoms with van der Waals surface area (Å²) in [5.74, 6) is 1.26. The molecule has 0 aliphatic heterocycles. The minimum Gasteiger partial charge on any atom is -0.492 e. The number of hydrogen-bond acceptors (Lipinski definition) is 5. The van der Waals surface area contributed by atoms with Crippen LogP contribution in [0.4, 0.5) is 0 Å². The summed E-state index contributed by atoms with van der Waals surface area (Å²) in [6.45, 7) is 1.72. The Hall–Kier alpha value is -2.83. The van der Waals surface area contributed by atoms with Gasteiger partial charge in [-0.15, -0.1) is 0 Å². The third kappa shape index (κ3) is 5.58. The van der Waals surface area contributed by atoms with E-state index in [1.54, 1.807) is 35.2 Å². The molecule has 0 aliphatic carbocycles. The lowest BCUT2D eigenvalue weighted by Crippen LogP contribution is -2.19. The minimum absolute atomic E-state index is 0.178. The van der Waals surface area contributed by atoms with Gasteiger partial charge in [0.05, 0.1) is 10.7 Å². The smallest absolute Gasteiger partial charge is 0.258 e. The summed E-state index contributed by atoms with van der Waals surface area (Å²) in [4.78, 5) is 18.7. The van der Waals surface area contributed by atoms with E-state index in [4.69, 9.17) is 21.1 Å². The highest BCUT2D eigenvalue weighted by molar-refractivity contribution is 6.30. The average molecular weight is 400 g/mol. The highest BCUT2D eigenvalue weighted by Crippen LogP contribution is 2.16. The van der Waals surface area contributed by atoms with Gasteiger partial charge in [-0.05, 0) is 56.6 Å². The van der Waals surface area contributed by atoms with Crippen molar-refractivity contribution >= 4 is 11.6 Å². The molecule has 0 radical (unpaired) electrons. The second-order valence-electron chi connectivity index (χ2n) is 6.47. The van der Waals surface area contributed by atoms with Crippen molar-refractivity contribution in [3.8, 4) is 17.2 Å². The second-order valence-corrected chi connectivity index (χ2v) is 6.91. The van der Waals surface area contributed by atoms with Crippen LogP contribution in [0.5, 0.6) is 11.5 Å². The van der Waals surface area contributed by atoms with E-state index in [2.05, 4.69) is 9.88 Å². The zero-order valence-corrected chi connectivity index (χ0v) is 16.6. The van der Waals surface area contributed by atoms with Crippen LogP contribution >= 0.6 is 11.6 Å². The molecule has 0 amide bonds. The Balaban J connectivity index is 1.63. The molecule has 146 valence electrons. The first kappa shape index (κ1) is 19.9. The maximum atomic E-state index is 12.4. The molecule has 7 heteroatoms. The number of hydrogen-bond donors (Lipinski definition) is 0. The predicted octanol–water partition coefficient (Wildman–Crippen LogP) is 3.41. The van der Waals surface area contributed by atoms with E-state index in [9.17, 15) is 4.79 Å². The number of benzene rings is 1. The summed E-state index contributed by atoms with van der Waals surface area (Å²) in [5, 5.41) is 0.570. The minimum atomic E-state index is -0.178. The largest absolute Gasteiger partial charge is 0.492 e. The lowest BCUT2D eigenvalue weighted by molar-refractivity contribution is 0.261. The van der Waals surface area contributed by atoms with Crippen LogP contribution in [-0.2, 0) is 6.61 Å². The summed E-state index contributed by atoms with van der Waals surface area (Å²) in [6, 6.07) is 14.2. The van der Waals surface area contributed by atoms with Crippen molar-refractivity contribution < 1.29 is 9.47 Å². The van der Waals surface area contributed by atoms with Crippen LogP contribution in [0.1, 0.15) is 5.69 Å². The highest BCUT2D eigenvalue weighted by atomic mass is 35.5. The molecule has 0 saturated heterocycles. The van der Waals surface area contributed by atoms with E-state index in [0.29, 0.717) is 17.4 Å². The Bertz CT molecular complexity index is 954. The molecule has 0 unspecified atom stereocenters. The summed E-state index contributed by atoms with van der Waals surface area (Å²) >= 11 is 5.82. The fourth-order valence-electron chi connectivity index (χ4n) is 2.46. The van der Waals surface area contributed by atoms with Crippen LogP contribution in [0.3, 0.4) is 0 Å². The van der Waals surface area contributed by atoms with Gasteiger partial charge in [-0.1, -0.05) is 11.6 Å². The average Bonchev–Trinajstić information content (AvgIpc) is 2.68. The molecule has 6 nitrogen and oxygen atoms in total. The van der Waals surface area contributed by atoms with Gasteiger partial charge < -0.3 is 14.4 Å². The van der Waals surface area contributed by atoms with Crippen molar-refractivity contribution in [3.05, 3.63) is 82.0 Å². The van der Waals surface area contributed by atoms with E-state index in [1.807, 2.05) is 38.4 Å². The standard InChI is InChI=1S/C21H22ClN3O3/c1-24(2)11-12-27-19-7-5-18(6-8-19)25-10-9-20(13-21(25)26)28-15-17-4-3-16(22)14-23-17/h3-10,13-14H,11-12,15H2,1-2H3. The monoisotopic (exact) mass is 399 g/mol. The molecule has 3 aromatic rings. The van der Waals surface area contributed by atoms with Gasteiger partial charge in [0.1, 0.15) is 24.7 Å². The number of ether oxygens (including phenoxy) is 2. The summed E-state index contributed by atoms with van der Waals surface area (Å²) in [7, 11) is 4.00. The Morgan fingerprint density at radius 2 is 1.82 bits per heavy atom. The van der Waals surface area contributed by atoms with Crippen molar-refractivity contribution in [3.63, 3.8) is 0 Å². The maximum Gasteiger partial charge on any atom is 0.258 e. The molecule has 0 N–H and O–H groups in total. The number of aromatic nitrogens is 2. The number of likely N-dealkylation sites (N-methyl/N-ethyl adjacent to an activating group) is 1. The van der Waals surface area contributed by atoms with E-state index < -0.39 is 0 Å². The van der Waals surface area contributed by atoms with Gasteiger partial charge in [0.15, 0.2) is 0 Å². The van der Waals surface area contributed by atoms with Gasteiger partial charge in [0, 0.05) is 30.7 Å². The van der Waals surface area contributed by atoms with E-state index in [1.165, 1.54) is 6.07 Å². The fraction of sp³-hybridized carbons (Fsp3) is 0.238. The SMILES string of the molecule is CN(C)CCOc1ccc(-n2ccc(OCc3ccc(Cl)cn3)cc2=O)cc1. The molecular formula is C21H22ClN3O3. The van der Waals surface area contributed by atoms with Crippen molar-refractivity contribution in [1.29, 1.82) is 0 Å². The number of halogens is 1. The second kappa shape index (κ2) is 9.39. The molecule has 1 aromatic carbocycles. The van der Waals surface area contributed by atoms with Gasteiger partial charge in [0.2, 0.25) is 0 Å². The number of pyridine rings is 2. The van der Waals surface area contributed by atoms with Crippen LogP contribution in [0, 0.1) is 0 Å². The van der Waals surface area contributed by atoms with Crippen molar-refractivity contribution in [2.75, 3.05) is 27.2 Å². The van der Waals surface area contributed by atoms with Gasteiger partial charge in [-0.25, -0.2) is 0 Å². The molecule has 2 aromatic heterocycles. The zero-order chi connectivity index (χ0) is 19.9. The normalized spacial score (nSPS) is 10.9. The molecule has 0 fully saturated rings. The Morgan fingerprint density at radius 1 is 1.04 bits per heavy atom. The van der Waals surface area contributed by atoms with E-state index in [0.717, 1.165) is 23.7 Å². The van der Waals surface area contributed by atoms with Crippen LogP contribution in [0.2, 0.25) is 5.02 Å². The topological polar surface area (TPSA) is 56.6 Å². The van der Waals surface area contributed by atoms with Crippen LogP contribution < -0.4 is 15.0 Å². The van der Waals surface area contributed by atoms with Crippen LogP contribution in [0.15, 0.2) is 65.7 Å². The number of rotatable bonds is 8. The van der Waals surface area contributed by atoms with Gasteiger partial charge >= 0.3 is 0 Å².